The molecular weight excluding hydrogens is 485 g/mol. The van der Waals surface area contributed by atoms with Crippen LogP contribution < -0.4 is 10.6 Å². The second-order valence-electron chi connectivity index (χ2n) is 5.97. The fraction of sp³-hybridized carbons (Fsp3) is 0.350. The van der Waals surface area contributed by atoms with Crippen molar-refractivity contribution in [3.8, 4) is 11.5 Å². The van der Waals surface area contributed by atoms with Crippen molar-refractivity contribution in [1.82, 2.24) is 20.6 Å². The zero-order valence-corrected chi connectivity index (χ0v) is 19.3. The molecular formula is C20H26IN5OS. The maximum absolute atomic E-state index is 5.57. The van der Waals surface area contributed by atoms with Crippen LogP contribution in [0.3, 0.4) is 0 Å². The molecule has 28 heavy (non-hydrogen) atoms. The van der Waals surface area contributed by atoms with Crippen LogP contribution in [0.25, 0.3) is 11.5 Å². The maximum Gasteiger partial charge on any atom is 0.226 e. The van der Waals surface area contributed by atoms with Gasteiger partial charge in [-0.15, -0.1) is 35.3 Å². The highest BCUT2D eigenvalue weighted by molar-refractivity contribution is 14.0. The molecule has 0 aliphatic carbocycles. The van der Waals surface area contributed by atoms with Crippen LogP contribution in [0.2, 0.25) is 0 Å². The molecule has 0 saturated heterocycles. The molecule has 0 radical (unpaired) electrons. The summed E-state index contributed by atoms with van der Waals surface area (Å²) in [5.74, 6) is 1.39. The number of benzene rings is 1. The second-order valence-corrected chi connectivity index (χ2v) is 6.91. The summed E-state index contributed by atoms with van der Waals surface area (Å²) in [6.07, 6.45) is 3.53. The van der Waals surface area contributed by atoms with Crippen LogP contribution in [0.1, 0.15) is 30.2 Å². The Balaban J connectivity index is 0.00000280. The standard InChI is InChI=1S/C20H25N5OS.HI/c1-3-18-24-16(14-27-18)10-11-22-20(21-4-2)23-12-17-13-26-19(25-17)15-8-6-5-7-9-15;/h5-9,13-14H,3-4,10-12H2,1-2H3,(H2,21,22,23);1H. The molecule has 6 nitrogen and oxygen atoms in total. The third kappa shape index (κ3) is 6.59. The number of halogens is 1. The predicted molar refractivity (Wildman–Crippen MR) is 125 cm³/mol. The van der Waals surface area contributed by atoms with Gasteiger partial charge in [-0.25, -0.2) is 15.0 Å². The van der Waals surface area contributed by atoms with Crippen LogP contribution in [-0.4, -0.2) is 29.0 Å². The highest BCUT2D eigenvalue weighted by Gasteiger charge is 2.06. The lowest BCUT2D eigenvalue weighted by molar-refractivity contribution is 0.572. The van der Waals surface area contributed by atoms with Gasteiger partial charge in [0.15, 0.2) is 5.96 Å². The van der Waals surface area contributed by atoms with Crippen LogP contribution in [-0.2, 0) is 19.4 Å². The average molecular weight is 511 g/mol. The largest absolute Gasteiger partial charge is 0.444 e. The minimum absolute atomic E-state index is 0. The van der Waals surface area contributed by atoms with E-state index in [9.17, 15) is 0 Å². The first-order chi connectivity index (χ1) is 13.3. The van der Waals surface area contributed by atoms with Crippen molar-refractivity contribution >= 4 is 41.3 Å². The van der Waals surface area contributed by atoms with E-state index in [0.29, 0.717) is 12.4 Å². The molecule has 0 atom stereocenters. The molecule has 3 aromatic rings. The first-order valence-corrected chi connectivity index (χ1v) is 10.1. The summed E-state index contributed by atoms with van der Waals surface area (Å²) in [5, 5.41) is 9.92. The van der Waals surface area contributed by atoms with Crippen molar-refractivity contribution in [2.24, 2.45) is 4.99 Å². The maximum atomic E-state index is 5.57. The highest BCUT2D eigenvalue weighted by Crippen LogP contribution is 2.18. The van der Waals surface area contributed by atoms with Gasteiger partial charge in [-0.3, -0.25) is 0 Å². The fourth-order valence-corrected chi connectivity index (χ4v) is 3.31. The Labute approximate surface area is 186 Å². The van der Waals surface area contributed by atoms with Gasteiger partial charge in [-0.05, 0) is 25.5 Å². The van der Waals surface area contributed by atoms with Crippen LogP contribution in [0, 0.1) is 0 Å². The Morgan fingerprint density at radius 1 is 1.11 bits per heavy atom. The molecule has 0 bridgehead atoms. The number of rotatable bonds is 8. The molecule has 8 heteroatoms. The van der Waals surface area contributed by atoms with E-state index in [0.717, 1.165) is 48.8 Å². The van der Waals surface area contributed by atoms with E-state index in [1.54, 1.807) is 17.6 Å². The zero-order valence-electron chi connectivity index (χ0n) is 16.1. The number of oxazole rings is 1. The summed E-state index contributed by atoms with van der Waals surface area (Å²) in [6, 6.07) is 9.87. The smallest absolute Gasteiger partial charge is 0.226 e. The normalized spacial score (nSPS) is 11.1. The fourth-order valence-electron chi connectivity index (χ4n) is 2.53. The first kappa shape index (κ1) is 22.4. The number of hydrogen-bond acceptors (Lipinski definition) is 5. The molecule has 0 aliphatic rings. The molecule has 0 spiro atoms. The number of guanidine groups is 1. The van der Waals surface area contributed by atoms with Crippen molar-refractivity contribution in [3.05, 3.63) is 58.4 Å². The molecule has 0 unspecified atom stereocenters. The number of nitrogens with zero attached hydrogens (tertiary/aromatic N) is 3. The third-order valence-corrected chi connectivity index (χ3v) is 4.93. The SMILES string of the molecule is CCNC(=NCc1coc(-c2ccccc2)n1)NCCc1csc(CC)n1.I. The van der Waals surface area contributed by atoms with E-state index < -0.39 is 0 Å². The number of aryl methyl sites for hydroxylation is 1. The van der Waals surface area contributed by atoms with Gasteiger partial charge in [0.25, 0.3) is 0 Å². The van der Waals surface area contributed by atoms with Crippen LogP contribution in [0.5, 0.6) is 0 Å². The molecule has 1 aromatic carbocycles. The molecule has 2 heterocycles. The molecule has 0 fully saturated rings. The molecule has 150 valence electrons. The van der Waals surface area contributed by atoms with Crippen molar-refractivity contribution in [3.63, 3.8) is 0 Å². The second kappa shape index (κ2) is 11.8. The zero-order chi connectivity index (χ0) is 18.9. The van der Waals surface area contributed by atoms with E-state index in [-0.39, 0.29) is 24.0 Å². The molecule has 2 aromatic heterocycles. The van der Waals surface area contributed by atoms with Gasteiger partial charge < -0.3 is 15.1 Å². The summed E-state index contributed by atoms with van der Waals surface area (Å²) in [6.45, 7) is 6.23. The first-order valence-electron chi connectivity index (χ1n) is 9.23. The molecule has 0 aliphatic heterocycles. The predicted octanol–water partition coefficient (Wildman–Crippen LogP) is 4.28. The van der Waals surface area contributed by atoms with Gasteiger partial charge in [0.2, 0.25) is 5.89 Å². The Morgan fingerprint density at radius 3 is 2.64 bits per heavy atom. The summed E-state index contributed by atoms with van der Waals surface area (Å²) in [4.78, 5) is 13.7. The van der Waals surface area contributed by atoms with Gasteiger partial charge in [0.1, 0.15) is 12.0 Å². The topological polar surface area (TPSA) is 75.3 Å². The van der Waals surface area contributed by atoms with Crippen LogP contribution >= 0.6 is 35.3 Å². The Bertz CT molecular complexity index is 862. The quantitative estimate of drug-likeness (QED) is 0.268. The lowest BCUT2D eigenvalue weighted by atomic mass is 10.2. The summed E-state index contributed by atoms with van der Waals surface area (Å²) < 4.78 is 5.57. The van der Waals surface area contributed by atoms with E-state index in [2.05, 4.69) is 44.8 Å². The molecule has 0 amide bonds. The molecule has 3 rings (SSSR count). The van der Waals surface area contributed by atoms with Gasteiger partial charge in [-0.1, -0.05) is 25.1 Å². The summed E-state index contributed by atoms with van der Waals surface area (Å²) in [5.41, 5.74) is 2.90. The Morgan fingerprint density at radius 2 is 1.93 bits per heavy atom. The number of aliphatic imine (C=N–C) groups is 1. The minimum atomic E-state index is 0. The van der Waals surface area contributed by atoms with Crippen molar-refractivity contribution in [1.29, 1.82) is 0 Å². The lowest BCUT2D eigenvalue weighted by Crippen LogP contribution is -2.38. The van der Waals surface area contributed by atoms with Gasteiger partial charge in [0.05, 0.1) is 17.2 Å². The molecule has 0 saturated carbocycles. The Hall–Kier alpha value is -1.94. The van der Waals surface area contributed by atoms with E-state index in [1.165, 1.54) is 5.01 Å². The third-order valence-electron chi connectivity index (χ3n) is 3.89. The van der Waals surface area contributed by atoms with Crippen molar-refractivity contribution < 1.29 is 4.42 Å². The van der Waals surface area contributed by atoms with E-state index >= 15 is 0 Å². The number of nitrogens with one attached hydrogen (secondary N) is 2. The van der Waals surface area contributed by atoms with Crippen LogP contribution in [0.4, 0.5) is 0 Å². The minimum Gasteiger partial charge on any atom is -0.444 e. The van der Waals surface area contributed by atoms with Crippen molar-refractivity contribution in [2.45, 2.75) is 33.2 Å². The molecule has 2 N–H and O–H groups in total. The summed E-state index contributed by atoms with van der Waals surface area (Å²) >= 11 is 1.72. The monoisotopic (exact) mass is 511 g/mol. The highest BCUT2D eigenvalue weighted by atomic mass is 127. The van der Waals surface area contributed by atoms with Gasteiger partial charge in [0, 0.05) is 30.5 Å². The average Bonchev–Trinajstić information content (AvgIpc) is 3.36. The lowest BCUT2D eigenvalue weighted by Gasteiger charge is -2.10. The van der Waals surface area contributed by atoms with Gasteiger partial charge >= 0.3 is 0 Å². The number of thiazole rings is 1. The van der Waals surface area contributed by atoms with Crippen molar-refractivity contribution in [2.75, 3.05) is 13.1 Å². The van der Waals surface area contributed by atoms with E-state index in [4.69, 9.17) is 4.42 Å². The summed E-state index contributed by atoms with van der Waals surface area (Å²) in [7, 11) is 0. The van der Waals surface area contributed by atoms with Crippen LogP contribution in [0.15, 0.2) is 51.4 Å². The van der Waals surface area contributed by atoms with E-state index in [1.807, 2.05) is 30.3 Å². The number of aromatic nitrogens is 2. The number of hydrogen-bond donors (Lipinski definition) is 2. The van der Waals surface area contributed by atoms with Gasteiger partial charge in [-0.2, -0.15) is 0 Å². The Kier molecular flexibility index (Phi) is 9.42.